The number of aryl methyl sites for hydroxylation is 2. The first-order chi connectivity index (χ1) is 9.95. The highest BCUT2D eigenvalue weighted by atomic mass is 79.9. The molecule has 0 fully saturated rings. The number of aliphatic carboxylic acids is 1. The molecule has 2 aromatic carbocycles. The van der Waals surface area contributed by atoms with Gasteiger partial charge < -0.3 is 10.4 Å². The number of anilines is 1. The number of halogens is 1. The fourth-order valence-corrected chi connectivity index (χ4v) is 2.43. The van der Waals surface area contributed by atoms with Gasteiger partial charge in [-0.25, -0.2) is 0 Å². The van der Waals surface area contributed by atoms with Crippen molar-refractivity contribution in [3.63, 3.8) is 0 Å². The van der Waals surface area contributed by atoms with Crippen molar-refractivity contribution in [2.24, 2.45) is 0 Å². The van der Waals surface area contributed by atoms with E-state index in [4.69, 9.17) is 5.11 Å². The summed E-state index contributed by atoms with van der Waals surface area (Å²) in [5.74, 6) is -0.804. The first kappa shape index (κ1) is 15.6. The second-order valence-electron chi connectivity index (χ2n) is 5.16. The predicted molar refractivity (Wildman–Crippen MR) is 88.7 cm³/mol. The first-order valence-corrected chi connectivity index (χ1v) is 7.55. The zero-order chi connectivity index (χ0) is 15.4. The number of carboxylic acids is 1. The first-order valence-electron chi connectivity index (χ1n) is 6.76. The summed E-state index contributed by atoms with van der Waals surface area (Å²) in [7, 11) is 0. The van der Waals surface area contributed by atoms with E-state index >= 15 is 0 Å². The van der Waals surface area contributed by atoms with E-state index in [0.29, 0.717) is 6.54 Å². The minimum absolute atomic E-state index is 0.0683. The quantitative estimate of drug-likeness (QED) is 0.847. The molecule has 110 valence electrons. The molecule has 0 saturated heterocycles. The van der Waals surface area contributed by atoms with Crippen LogP contribution < -0.4 is 5.32 Å². The summed E-state index contributed by atoms with van der Waals surface area (Å²) in [5, 5.41) is 12.1. The topological polar surface area (TPSA) is 49.3 Å². The molecule has 0 atom stereocenters. The molecule has 0 spiro atoms. The van der Waals surface area contributed by atoms with E-state index in [1.807, 2.05) is 24.3 Å². The summed E-state index contributed by atoms with van der Waals surface area (Å²) in [5.41, 5.74) is 5.44. The minimum Gasteiger partial charge on any atom is -0.481 e. The van der Waals surface area contributed by atoms with Crippen molar-refractivity contribution in [2.45, 2.75) is 26.8 Å². The van der Waals surface area contributed by atoms with Crippen LogP contribution in [-0.2, 0) is 17.8 Å². The highest BCUT2D eigenvalue weighted by Gasteiger charge is 2.03. The van der Waals surface area contributed by atoms with Gasteiger partial charge in [0.15, 0.2) is 0 Å². The van der Waals surface area contributed by atoms with E-state index in [-0.39, 0.29) is 6.42 Å². The monoisotopic (exact) mass is 347 g/mol. The minimum atomic E-state index is -0.804. The van der Waals surface area contributed by atoms with Crippen LogP contribution in [0.1, 0.15) is 22.3 Å². The van der Waals surface area contributed by atoms with Gasteiger partial charge in [0.2, 0.25) is 0 Å². The normalized spacial score (nSPS) is 10.4. The second kappa shape index (κ2) is 6.76. The van der Waals surface area contributed by atoms with Crippen molar-refractivity contribution in [1.82, 2.24) is 0 Å². The summed E-state index contributed by atoms with van der Waals surface area (Å²) < 4.78 is 1.14. The lowest BCUT2D eigenvalue weighted by Gasteiger charge is -2.11. The Bertz CT molecular complexity index is 627. The Morgan fingerprint density at radius 1 is 1.10 bits per heavy atom. The van der Waals surface area contributed by atoms with Gasteiger partial charge >= 0.3 is 5.97 Å². The largest absolute Gasteiger partial charge is 0.481 e. The lowest BCUT2D eigenvalue weighted by Crippen LogP contribution is -2.02. The lowest BCUT2D eigenvalue weighted by molar-refractivity contribution is -0.136. The molecule has 0 amide bonds. The van der Waals surface area contributed by atoms with Gasteiger partial charge in [-0.15, -0.1) is 0 Å². The van der Waals surface area contributed by atoms with Crippen LogP contribution in [0.25, 0.3) is 0 Å². The van der Waals surface area contributed by atoms with Gasteiger partial charge in [0.25, 0.3) is 0 Å². The molecule has 4 heteroatoms. The maximum absolute atomic E-state index is 10.6. The second-order valence-corrected chi connectivity index (χ2v) is 5.96. The van der Waals surface area contributed by atoms with E-state index in [9.17, 15) is 4.79 Å². The number of benzene rings is 2. The standard InChI is InChI=1S/C17H18BrNO2/c1-11-7-15(8-12(2)17(11)18)19-10-14-5-3-13(4-6-14)9-16(20)21/h3-8,19H,9-10H2,1-2H3,(H,20,21). The predicted octanol–water partition coefficient (Wildman–Crippen LogP) is 4.31. The molecule has 0 aliphatic rings. The van der Waals surface area contributed by atoms with Gasteiger partial charge in [0, 0.05) is 16.7 Å². The Hall–Kier alpha value is -1.81. The third kappa shape index (κ3) is 4.33. The van der Waals surface area contributed by atoms with Crippen molar-refractivity contribution in [3.05, 3.63) is 63.1 Å². The number of nitrogens with one attached hydrogen (secondary N) is 1. The van der Waals surface area contributed by atoms with Crippen molar-refractivity contribution >= 4 is 27.6 Å². The maximum atomic E-state index is 10.6. The molecule has 0 saturated carbocycles. The summed E-state index contributed by atoms with van der Waals surface area (Å²) in [4.78, 5) is 10.6. The molecular weight excluding hydrogens is 330 g/mol. The number of hydrogen-bond acceptors (Lipinski definition) is 2. The van der Waals surface area contributed by atoms with E-state index in [1.165, 1.54) is 11.1 Å². The molecule has 0 aliphatic carbocycles. The van der Waals surface area contributed by atoms with Crippen LogP contribution in [0.2, 0.25) is 0 Å². The summed E-state index contributed by atoms with van der Waals surface area (Å²) in [6, 6.07) is 11.9. The Kier molecular flexibility index (Phi) is 5.02. The van der Waals surface area contributed by atoms with E-state index in [0.717, 1.165) is 21.3 Å². The summed E-state index contributed by atoms with van der Waals surface area (Å²) in [6.45, 7) is 4.86. The van der Waals surface area contributed by atoms with Crippen LogP contribution >= 0.6 is 15.9 Å². The van der Waals surface area contributed by atoms with Crippen molar-refractivity contribution < 1.29 is 9.90 Å². The summed E-state index contributed by atoms with van der Waals surface area (Å²) >= 11 is 3.56. The maximum Gasteiger partial charge on any atom is 0.307 e. The number of rotatable bonds is 5. The van der Waals surface area contributed by atoms with Crippen LogP contribution in [0.3, 0.4) is 0 Å². The van der Waals surface area contributed by atoms with E-state index < -0.39 is 5.97 Å². The molecular formula is C17H18BrNO2. The molecule has 2 rings (SSSR count). The van der Waals surface area contributed by atoms with Gasteiger partial charge in [0.1, 0.15) is 0 Å². The van der Waals surface area contributed by atoms with E-state index in [2.05, 4.69) is 47.2 Å². The van der Waals surface area contributed by atoms with Crippen molar-refractivity contribution in [2.75, 3.05) is 5.32 Å². The average Bonchev–Trinajstić information content (AvgIpc) is 2.43. The van der Waals surface area contributed by atoms with Crippen LogP contribution in [0.4, 0.5) is 5.69 Å². The number of carboxylic acid groups (broad SMARTS) is 1. The average molecular weight is 348 g/mol. The van der Waals surface area contributed by atoms with Crippen molar-refractivity contribution in [1.29, 1.82) is 0 Å². The van der Waals surface area contributed by atoms with Gasteiger partial charge in [-0.2, -0.15) is 0 Å². The lowest BCUT2D eigenvalue weighted by atomic mass is 10.1. The van der Waals surface area contributed by atoms with Crippen LogP contribution in [-0.4, -0.2) is 11.1 Å². The zero-order valence-electron chi connectivity index (χ0n) is 12.1. The van der Waals surface area contributed by atoms with Gasteiger partial charge in [-0.1, -0.05) is 40.2 Å². The fourth-order valence-electron chi connectivity index (χ4n) is 2.20. The molecule has 2 aromatic rings. The molecule has 0 aliphatic heterocycles. The van der Waals surface area contributed by atoms with Gasteiger partial charge in [-0.3, -0.25) is 4.79 Å². The van der Waals surface area contributed by atoms with Crippen LogP contribution in [0.15, 0.2) is 40.9 Å². The molecule has 0 bridgehead atoms. The zero-order valence-corrected chi connectivity index (χ0v) is 13.7. The molecule has 21 heavy (non-hydrogen) atoms. The number of hydrogen-bond donors (Lipinski definition) is 2. The SMILES string of the molecule is Cc1cc(NCc2ccc(CC(=O)O)cc2)cc(C)c1Br. The third-order valence-corrected chi connectivity index (χ3v) is 4.56. The Morgan fingerprint density at radius 2 is 1.62 bits per heavy atom. The smallest absolute Gasteiger partial charge is 0.307 e. The Balaban J connectivity index is 2.01. The highest BCUT2D eigenvalue weighted by Crippen LogP contribution is 2.25. The van der Waals surface area contributed by atoms with E-state index in [1.54, 1.807) is 0 Å². The van der Waals surface area contributed by atoms with Gasteiger partial charge in [-0.05, 0) is 48.2 Å². The molecule has 0 heterocycles. The third-order valence-electron chi connectivity index (χ3n) is 3.31. The Morgan fingerprint density at radius 3 is 2.14 bits per heavy atom. The summed E-state index contributed by atoms with van der Waals surface area (Å²) in [6.07, 6.45) is 0.0683. The Labute approximate surface area is 133 Å². The molecule has 0 radical (unpaired) electrons. The number of carbonyl (C=O) groups is 1. The molecule has 2 N–H and O–H groups in total. The molecule has 0 aromatic heterocycles. The highest BCUT2D eigenvalue weighted by molar-refractivity contribution is 9.10. The molecule has 0 unspecified atom stereocenters. The molecule has 3 nitrogen and oxygen atoms in total. The fraction of sp³-hybridized carbons (Fsp3) is 0.235. The van der Waals surface area contributed by atoms with Crippen LogP contribution in [0, 0.1) is 13.8 Å². The van der Waals surface area contributed by atoms with Gasteiger partial charge in [0.05, 0.1) is 6.42 Å². The van der Waals surface area contributed by atoms with Crippen LogP contribution in [0.5, 0.6) is 0 Å². The van der Waals surface area contributed by atoms with Crippen molar-refractivity contribution in [3.8, 4) is 0 Å².